The lowest BCUT2D eigenvalue weighted by Gasteiger charge is -2.18. The standard InChI is InChI=1S/C18H17ClN2O3/c1-11(22)20-17-15-9-13(19)5-8-16(15)21(18(17)23)10-12-3-6-14(24-2)7-4-12/h3-9,17H,10H2,1-2H3,(H,20,22)/t17-/m0/s1. The fourth-order valence-electron chi connectivity index (χ4n) is 2.83. The van der Waals surface area contributed by atoms with Crippen LogP contribution in [0.1, 0.15) is 24.1 Å². The molecule has 0 aromatic heterocycles. The summed E-state index contributed by atoms with van der Waals surface area (Å²) in [6, 6.07) is 12.1. The maximum Gasteiger partial charge on any atom is 0.254 e. The van der Waals surface area contributed by atoms with Gasteiger partial charge in [-0.05, 0) is 35.9 Å². The average Bonchev–Trinajstić information content (AvgIpc) is 2.80. The molecule has 0 saturated heterocycles. The van der Waals surface area contributed by atoms with E-state index in [1.165, 1.54) is 6.92 Å². The van der Waals surface area contributed by atoms with Gasteiger partial charge in [0.15, 0.2) is 0 Å². The minimum absolute atomic E-state index is 0.168. The van der Waals surface area contributed by atoms with Gasteiger partial charge in [0, 0.05) is 23.2 Å². The van der Waals surface area contributed by atoms with Crippen LogP contribution in [0.5, 0.6) is 5.75 Å². The van der Waals surface area contributed by atoms with Crippen molar-refractivity contribution in [3.8, 4) is 5.75 Å². The third-order valence-electron chi connectivity index (χ3n) is 3.95. The fourth-order valence-corrected chi connectivity index (χ4v) is 3.01. The molecular weight excluding hydrogens is 328 g/mol. The number of nitrogens with one attached hydrogen (secondary N) is 1. The number of halogens is 1. The van der Waals surface area contributed by atoms with Crippen LogP contribution in [0.4, 0.5) is 5.69 Å². The number of ether oxygens (including phenoxy) is 1. The number of carbonyl (C=O) groups excluding carboxylic acids is 2. The number of anilines is 1. The maximum atomic E-state index is 12.8. The average molecular weight is 345 g/mol. The molecule has 0 unspecified atom stereocenters. The van der Waals surface area contributed by atoms with Crippen LogP contribution in [-0.2, 0) is 16.1 Å². The highest BCUT2D eigenvalue weighted by molar-refractivity contribution is 6.31. The largest absolute Gasteiger partial charge is 0.497 e. The minimum Gasteiger partial charge on any atom is -0.497 e. The molecule has 1 N–H and O–H groups in total. The smallest absolute Gasteiger partial charge is 0.254 e. The Morgan fingerprint density at radius 1 is 1.25 bits per heavy atom. The molecule has 124 valence electrons. The third-order valence-corrected chi connectivity index (χ3v) is 4.19. The molecule has 2 aromatic rings. The molecule has 1 aliphatic rings. The second-order valence-electron chi connectivity index (χ2n) is 5.61. The zero-order valence-corrected chi connectivity index (χ0v) is 14.1. The van der Waals surface area contributed by atoms with Crippen LogP contribution in [0.25, 0.3) is 0 Å². The number of benzene rings is 2. The summed E-state index contributed by atoms with van der Waals surface area (Å²) < 4.78 is 5.15. The SMILES string of the molecule is COc1ccc(CN2C(=O)[C@@H](NC(C)=O)c3cc(Cl)ccc32)cc1. The quantitative estimate of drug-likeness (QED) is 0.927. The monoisotopic (exact) mass is 344 g/mol. The van der Waals surface area contributed by atoms with Crippen molar-refractivity contribution >= 4 is 29.1 Å². The number of nitrogens with zero attached hydrogens (tertiary/aromatic N) is 1. The lowest BCUT2D eigenvalue weighted by Crippen LogP contribution is -2.36. The molecule has 2 amide bonds. The van der Waals surface area contributed by atoms with E-state index in [1.54, 1.807) is 30.2 Å². The molecule has 1 atom stereocenters. The van der Waals surface area contributed by atoms with E-state index in [0.29, 0.717) is 11.6 Å². The van der Waals surface area contributed by atoms with Crippen LogP contribution in [-0.4, -0.2) is 18.9 Å². The number of methoxy groups -OCH3 is 1. The van der Waals surface area contributed by atoms with Crippen molar-refractivity contribution in [2.75, 3.05) is 12.0 Å². The molecule has 0 saturated carbocycles. The van der Waals surface area contributed by atoms with E-state index in [0.717, 1.165) is 22.6 Å². The number of hydrogen-bond donors (Lipinski definition) is 1. The van der Waals surface area contributed by atoms with Crippen LogP contribution < -0.4 is 15.0 Å². The number of amides is 2. The van der Waals surface area contributed by atoms with Crippen LogP contribution in [0.2, 0.25) is 5.02 Å². The van der Waals surface area contributed by atoms with Crippen molar-refractivity contribution < 1.29 is 14.3 Å². The van der Waals surface area contributed by atoms with Gasteiger partial charge >= 0.3 is 0 Å². The first kappa shape index (κ1) is 16.3. The molecule has 0 spiro atoms. The zero-order chi connectivity index (χ0) is 17.3. The van der Waals surface area contributed by atoms with Gasteiger partial charge in [0.1, 0.15) is 11.8 Å². The van der Waals surface area contributed by atoms with E-state index < -0.39 is 6.04 Å². The summed E-state index contributed by atoms with van der Waals surface area (Å²) in [6.07, 6.45) is 0. The number of hydrogen-bond acceptors (Lipinski definition) is 3. The molecule has 0 bridgehead atoms. The normalized spacial score (nSPS) is 16.0. The molecular formula is C18H17ClN2O3. The van der Waals surface area contributed by atoms with Crippen LogP contribution in [0.3, 0.4) is 0 Å². The summed E-state index contributed by atoms with van der Waals surface area (Å²) in [5.74, 6) is 0.332. The van der Waals surface area contributed by atoms with Gasteiger partial charge in [0.2, 0.25) is 5.91 Å². The summed E-state index contributed by atoms with van der Waals surface area (Å²) >= 11 is 6.06. The molecule has 1 aliphatic heterocycles. The predicted octanol–water partition coefficient (Wildman–Crippen LogP) is 3.07. The maximum absolute atomic E-state index is 12.8. The summed E-state index contributed by atoms with van der Waals surface area (Å²) in [5.41, 5.74) is 2.45. The molecule has 0 aliphatic carbocycles. The van der Waals surface area contributed by atoms with E-state index in [9.17, 15) is 9.59 Å². The Labute approximate surface area is 145 Å². The summed E-state index contributed by atoms with van der Waals surface area (Å²) in [6.45, 7) is 1.80. The van der Waals surface area contributed by atoms with E-state index in [2.05, 4.69) is 5.32 Å². The van der Waals surface area contributed by atoms with Gasteiger partial charge in [-0.3, -0.25) is 9.59 Å². The first-order chi connectivity index (χ1) is 11.5. The van der Waals surface area contributed by atoms with Crippen molar-refractivity contribution in [1.29, 1.82) is 0 Å². The van der Waals surface area contributed by atoms with Crippen molar-refractivity contribution in [1.82, 2.24) is 5.32 Å². The lowest BCUT2D eigenvalue weighted by molar-refractivity contribution is -0.126. The van der Waals surface area contributed by atoms with Gasteiger partial charge in [-0.25, -0.2) is 0 Å². The van der Waals surface area contributed by atoms with Gasteiger partial charge in [-0.1, -0.05) is 23.7 Å². The lowest BCUT2D eigenvalue weighted by atomic mass is 10.1. The Kier molecular flexibility index (Phi) is 4.44. The molecule has 0 fully saturated rings. The van der Waals surface area contributed by atoms with Crippen LogP contribution in [0.15, 0.2) is 42.5 Å². The van der Waals surface area contributed by atoms with Crippen LogP contribution >= 0.6 is 11.6 Å². The van der Waals surface area contributed by atoms with E-state index >= 15 is 0 Å². The molecule has 3 rings (SSSR count). The van der Waals surface area contributed by atoms with Crippen molar-refractivity contribution in [3.05, 3.63) is 58.6 Å². The second kappa shape index (κ2) is 6.53. The third kappa shape index (κ3) is 3.08. The first-order valence-corrected chi connectivity index (χ1v) is 7.88. The number of fused-ring (bicyclic) bond motifs is 1. The molecule has 0 radical (unpaired) electrons. The Bertz CT molecular complexity index is 789. The Balaban J connectivity index is 1.93. The number of carbonyl (C=O) groups is 2. The minimum atomic E-state index is -0.700. The highest BCUT2D eigenvalue weighted by Gasteiger charge is 2.37. The van der Waals surface area contributed by atoms with Gasteiger partial charge < -0.3 is 15.0 Å². The predicted molar refractivity (Wildman–Crippen MR) is 92.2 cm³/mol. The summed E-state index contributed by atoms with van der Waals surface area (Å²) in [5, 5.41) is 3.23. The topological polar surface area (TPSA) is 58.6 Å². The first-order valence-electron chi connectivity index (χ1n) is 7.50. The molecule has 6 heteroatoms. The molecule has 24 heavy (non-hydrogen) atoms. The molecule has 1 heterocycles. The Morgan fingerprint density at radius 3 is 2.58 bits per heavy atom. The highest BCUT2D eigenvalue weighted by Crippen LogP contribution is 2.38. The van der Waals surface area contributed by atoms with Gasteiger partial charge in [0.05, 0.1) is 13.7 Å². The second-order valence-corrected chi connectivity index (χ2v) is 6.05. The Hall–Kier alpha value is -2.53. The van der Waals surface area contributed by atoms with E-state index in [-0.39, 0.29) is 11.8 Å². The van der Waals surface area contributed by atoms with Gasteiger partial charge in [-0.2, -0.15) is 0 Å². The molecule has 5 nitrogen and oxygen atoms in total. The number of rotatable bonds is 4. The molecule has 2 aromatic carbocycles. The van der Waals surface area contributed by atoms with Crippen molar-refractivity contribution in [2.45, 2.75) is 19.5 Å². The summed E-state index contributed by atoms with van der Waals surface area (Å²) in [7, 11) is 1.61. The summed E-state index contributed by atoms with van der Waals surface area (Å²) in [4.78, 5) is 25.9. The highest BCUT2D eigenvalue weighted by atomic mass is 35.5. The Morgan fingerprint density at radius 2 is 1.96 bits per heavy atom. The van der Waals surface area contributed by atoms with Crippen molar-refractivity contribution in [2.24, 2.45) is 0 Å². The van der Waals surface area contributed by atoms with Crippen molar-refractivity contribution in [3.63, 3.8) is 0 Å². The zero-order valence-electron chi connectivity index (χ0n) is 13.4. The van der Waals surface area contributed by atoms with Gasteiger partial charge in [0.25, 0.3) is 5.91 Å². The van der Waals surface area contributed by atoms with Gasteiger partial charge in [-0.15, -0.1) is 0 Å². The van der Waals surface area contributed by atoms with Crippen LogP contribution in [0, 0.1) is 0 Å². The fraction of sp³-hybridized carbons (Fsp3) is 0.222. The van der Waals surface area contributed by atoms with E-state index in [4.69, 9.17) is 16.3 Å². The van der Waals surface area contributed by atoms with E-state index in [1.807, 2.05) is 24.3 Å².